The van der Waals surface area contributed by atoms with Crippen LogP contribution in [0, 0.1) is 0 Å². The minimum Gasteiger partial charge on any atom is -0.467 e. The van der Waals surface area contributed by atoms with Crippen LogP contribution in [0.1, 0.15) is 5.76 Å². The van der Waals surface area contributed by atoms with Gasteiger partial charge < -0.3 is 15.1 Å². The zero-order valence-corrected chi connectivity index (χ0v) is 10.4. The van der Waals surface area contributed by atoms with Crippen LogP contribution in [-0.2, 0) is 6.54 Å². The molecule has 0 aliphatic carbocycles. The van der Waals surface area contributed by atoms with Crippen LogP contribution in [0.3, 0.4) is 0 Å². The van der Waals surface area contributed by atoms with Crippen LogP contribution in [0.2, 0.25) is 0 Å². The predicted octanol–water partition coefficient (Wildman–Crippen LogP) is 2.66. The van der Waals surface area contributed by atoms with E-state index in [2.05, 4.69) is 20.9 Å². The Morgan fingerprint density at radius 2 is 2.38 bits per heavy atom. The first-order valence-corrected chi connectivity index (χ1v) is 5.60. The number of pyridine rings is 1. The quantitative estimate of drug-likeness (QED) is 0.940. The van der Waals surface area contributed by atoms with Crippen LogP contribution in [0.25, 0.3) is 0 Å². The van der Waals surface area contributed by atoms with Crippen LogP contribution in [0.5, 0.6) is 0 Å². The molecule has 0 unspecified atom stereocenters. The molecule has 2 heterocycles. The van der Waals surface area contributed by atoms with Gasteiger partial charge in [-0.1, -0.05) is 0 Å². The van der Waals surface area contributed by atoms with Gasteiger partial charge in [0, 0.05) is 7.05 Å². The summed E-state index contributed by atoms with van der Waals surface area (Å²) in [4.78, 5) is 6.26. The SMILES string of the molecule is CN(Cc1ccco1)c1ncc(N)cc1Br. The predicted molar refractivity (Wildman–Crippen MR) is 67.2 cm³/mol. The van der Waals surface area contributed by atoms with Crippen molar-refractivity contribution in [1.82, 2.24) is 4.98 Å². The van der Waals surface area contributed by atoms with Crippen molar-refractivity contribution in [3.8, 4) is 0 Å². The summed E-state index contributed by atoms with van der Waals surface area (Å²) < 4.78 is 6.16. The number of hydrogen-bond acceptors (Lipinski definition) is 4. The normalized spacial score (nSPS) is 10.4. The van der Waals surface area contributed by atoms with Gasteiger partial charge in [0.15, 0.2) is 0 Å². The van der Waals surface area contributed by atoms with E-state index in [-0.39, 0.29) is 0 Å². The Kier molecular flexibility index (Phi) is 3.14. The largest absolute Gasteiger partial charge is 0.467 e. The van der Waals surface area contributed by atoms with E-state index < -0.39 is 0 Å². The summed E-state index contributed by atoms with van der Waals surface area (Å²) in [6, 6.07) is 5.64. The number of halogens is 1. The van der Waals surface area contributed by atoms with Gasteiger partial charge in [-0.05, 0) is 34.1 Å². The van der Waals surface area contributed by atoms with E-state index in [0.29, 0.717) is 12.2 Å². The fourth-order valence-corrected chi connectivity index (χ4v) is 2.11. The van der Waals surface area contributed by atoms with Crippen molar-refractivity contribution in [2.45, 2.75) is 6.54 Å². The standard InChI is InChI=1S/C11H12BrN3O/c1-15(7-9-3-2-4-16-9)11-10(12)5-8(13)6-14-11/h2-6H,7,13H2,1H3. The van der Waals surface area contributed by atoms with Crippen molar-refractivity contribution >= 4 is 27.4 Å². The highest BCUT2D eigenvalue weighted by molar-refractivity contribution is 9.10. The Bertz CT molecular complexity index is 470. The highest BCUT2D eigenvalue weighted by Crippen LogP contribution is 2.25. The molecule has 2 aromatic heterocycles. The number of nitrogen functional groups attached to an aromatic ring is 1. The first kappa shape index (κ1) is 11.0. The second kappa shape index (κ2) is 4.57. The molecule has 0 fully saturated rings. The minimum absolute atomic E-state index is 0.641. The van der Waals surface area contributed by atoms with E-state index in [4.69, 9.17) is 10.2 Å². The Hall–Kier alpha value is -1.49. The molecule has 84 valence electrons. The number of nitrogens with zero attached hydrogens (tertiary/aromatic N) is 2. The third kappa shape index (κ3) is 2.36. The van der Waals surface area contributed by atoms with Crippen molar-refractivity contribution < 1.29 is 4.42 Å². The molecule has 0 aliphatic rings. The first-order chi connectivity index (χ1) is 7.66. The number of furan rings is 1. The second-order valence-electron chi connectivity index (χ2n) is 3.51. The maximum atomic E-state index is 5.63. The molecule has 0 aromatic carbocycles. The molecule has 2 rings (SSSR count). The molecule has 0 amide bonds. The van der Waals surface area contributed by atoms with Crippen molar-refractivity contribution in [2.75, 3.05) is 17.7 Å². The van der Waals surface area contributed by atoms with Crippen LogP contribution in [0.15, 0.2) is 39.5 Å². The monoisotopic (exact) mass is 281 g/mol. The molecule has 2 aromatic rings. The molecule has 2 N–H and O–H groups in total. The average molecular weight is 282 g/mol. The summed E-state index contributed by atoms with van der Waals surface area (Å²) in [5.41, 5.74) is 6.27. The molecule has 0 spiro atoms. The lowest BCUT2D eigenvalue weighted by atomic mass is 10.3. The average Bonchev–Trinajstić information content (AvgIpc) is 2.70. The second-order valence-corrected chi connectivity index (χ2v) is 4.36. The van der Waals surface area contributed by atoms with Crippen LogP contribution in [-0.4, -0.2) is 12.0 Å². The van der Waals surface area contributed by atoms with Crippen molar-refractivity contribution in [3.05, 3.63) is 40.9 Å². The lowest BCUT2D eigenvalue weighted by Gasteiger charge is -2.18. The van der Waals surface area contributed by atoms with Gasteiger partial charge in [0.1, 0.15) is 11.6 Å². The molecule has 0 bridgehead atoms. The summed E-state index contributed by atoms with van der Waals surface area (Å²) in [5, 5.41) is 0. The van der Waals surface area contributed by atoms with Crippen molar-refractivity contribution in [2.24, 2.45) is 0 Å². The molecule has 0 atom stereocenters. The molecular formula is C11H12BrN3O. The maximum absolute atomic E-state index is 5.63. The molecule has 0 saturated heterocycles. The van der Waals surface area contributed by atoms with E-state index in [9.17, 15) is 0 Å². The fourth-order valence-electron chi connectivity index (χ4n) is 1.44. The van der Waals surface area contributed by atoms with E-state index >= 15 is 0 Å². The van der Waals surface area contributed by atoms with Gasteiger partial charge >= 0.3 is 0 Å². The van der Waals surface area contributed by atoms with Gasteiger partial charge in [0.25, 0.3) is 0 Å². The van der Waals surface area contributed by atoms with Gasteiger partial charge in [-0.15, -0.1) is 0 Å². The molecule has 4 nitrogen and oxygen atoms in total. The smallest absolute Gasteiger partial charge is 0.143 e. The maximum Gasteiger partial charge on any atom is 0.143 e. The molecule has 0 radical (unpaired) electrons. The van der Waals surface area contributed by atoms with E-state index in [1.807, 2.05) is 30.1 Å². The number of hydrogen-bond donors (Lipinski definition) is 1. The first-order valence-electron chi connectivity index (χ1n) is 4.81. The van der Waals surface area contributed by atoms with Gasteiger partial charge in [-0.3, -0.25) is 0 Å². The van der Waals surface area contributed by atoms with Crippen molar-refractivity contribution in [1.29, 1.82) is 0 Å². The van der Waals surface area contributed by atoms with Gasteiger partial charge in [0.05, 0.1) is 29.2 Å². The van der Waals surface area contributed by atoms with Crippen LogP contribution in [0.4, 0.5) is 11.5 Å². The molecule has 16 heavy (non-hydrogen) atoms. The fraction of sp³-hybridized carbons (Fsp3) is 0.182. The highest BCUT2D eigenvalue weighted by Gasteiger charge is 2.09. The summed E-state index contributed by atoms with van der Waals surface area (Å²) in [6.45, 7) is 0.669. The zero-order chi connectivity index (χ0) is 11.5. The van der Waals surface area contributed by atoms with E-state index in [1.165, 1.54) is 0 Å². The zero-order valence-electron chi connectivity index (χ0n) is 8.85. The van der Waals surface area contributed by atoms with Gasteiger partial charge in [0.2, 0.25) is 0 Å². The van der Waals surface area contributed by atoms with Crippen LogP contribution < -0.4 is 10.6 Å². The summed E-state index contributed by atoms with van der Waals surface area (Å²) in [6.07, 6.45) is 3.30. The minimum atomic E-state index is 0.641. The number of rotatable bonds is 3. The van der Waals surface area contributed by atoms with E-state index in [0.717, 1.165) is 16.1 Å². The topological polar surface area (TPSA) is 55.3 Å². The third-order valence-corrected chi connectivity index (χ3v) is 2.76. The van der Waals surface area contributed by atoms with Gasteiger partial charge in [-0.2, -0.15) is 0 Å². The Balaban J connectivity index is 2.17. The highest BCUT2D eigenvalue weighted by atomic mass is 79.9. The number of nitrogens with two attached hydrogens (primary N) is 1. The van der Waals surface area contributed by atoms with E-state index in [1.54, 1.807) is 12.5 Å². The molecule has 5 heteroatoms. The summed E-state index contributed by atoms with van der Waals surface area (Å²) in [7, 11) is 1.95. The summed E-state index contributed by atoms with van der Waals surface area (Å²) >= 11 is 3.44. The lowest BCUT2D eigenvalue weighted by Crippen LogP contribution is -2.17. The lowest BCUT2D eigenvalue weighted by molar-refractivity contribution is 0.507. The Labute approximate surface area is 102 Å². The van der Waals surface area contributed by atoms with Crippen LogP contribution >= 0.6 is 15.9 Å². The van der Waals surface area contributed by atoms with Crippen molar-refractivity contribution in [3.63, 3.8) is 0 Å². The summed E-state index contributed by atoms with van der Waals surface area (Å²) in [5.74, 6) is 1.73. The molecule has 0 aliphatic heterocycles. The number of anilines is 2. The molecule has 0 saturated carbocycles. The third-order valence-electron chi connectivity index (χ3n) is 2.18. The Morgan fingerprint density at radius 1 is 1.56 bits per heavy atom. The number of aromatic nitrogens is 1. The Morgan fingerprint density at radius 3 is 3.00 bits per heavy atom. The van der Waals surface area contributed by atoms with Gasteiger partial charge in [-0.25, -0.2) is 4.98 Å². The molecular weight excluding hydrogens is 270 g/mol.